The summed E-state index contributed by atoms with van der Waals surface area (Å²) in [6.45, 7) is 0. The number of fused-ring (bicyclic) bond motifs is 11. The second-order valence-corrected chi connectivity index (χ2v) is 16.1. The number of aromatic nitrogens is 1. The van der Waals surface area contributed by atoms with Crippen LogP contribution < -0.4 is 4.90 Å². The number of hydrogen-bond donors (Lipinski definition) is 0. The zero-order valence-corrected chi connectivity index (χ0v) is 33.5. The molecule has 13 rings (SSSR count). The molecule has 0 aliphatic heterocycles. The third kappa shape index (κ3) is 5.33. The monoisotopic (exact) mass is 792 g/mol. The summed E-state index contributed by atoms with van der Waals surface area (Å²) in [4.78, 5) is 2.33. The molecular formula is C58H36N2O2. The summed E-state index contributed by atoms with van der Waals surface area (Å²) >= 11 is 0. The molecule has 13 aromatic rings. The molecule has 0 radical (unpaired) electrons. The van der Waals surface area contributed by atoms with Gasteiger partial charge in [0, 0.05) is 66.0 Å². The number of benzene rings is 10. The second kappa shape index (κ2) is 13.6. The van der Waals surface area contributed by atoms with Crippen molar-refractivity contribution in [2.45, 2.75) is 0 Å². The minimum atomic E-state index is 0.871. The molecule has 0 unspecified atom stereocenters. The molecule has 0 N–H and O–H groups in total. The second-order valence-electron chi connectivity index (χ2n) is 16.1. The quantitative estimate of drug-likeness (QED) is 0.168. The lowest BCUT2D eigenvalue weighted by atomic mass is 10.0. The Morgan fingerprint density at radius 1 is 0.339 bits per heavy atom. The van der Waals surface area contributed by atoms with Crippen LogP contribution in [0.3, 0.4) is 0 Å². The third-order valence-electron chi connectivity index (χ3n) is 12.6. The summed E-state index contributed by atoms with van der Waals surface area (Å²) in [5.41, 5.74) is 14.8. The molecule has 290 valence electrons. The third-order valence-corrected chi connectivity index (χ3v) is 12.6. The van der Waals surface area contributed by atoms with Crippen LogP contribution in [0.1, 0.15) is 0 Å². The summed E-state index contributed by atoms with van der Waals surface area (Å²) in [6, 6.07) is 78.0. The van der Waals surface area contributed by atoms with E-state index in [0.717, 1.165) is 88.9 Å². The molecule has 62 heavy (non-hydrogen) atoms. The van der Waals surface area contributed by atoms with Crippen LogP contribution in [0.4, 0.5) is 17.1 Å². The predicted octanol–water partition coefficient (Wildman–Crippen LogP) is 16.5. The highest BCUT2D eigenvalue weighted by Crippen LogP contribution is 2.43. The van der Waals surface area contributed by atoms with Crippen LogP contribution in [0.5, 0.6) is 0 Å². The van der Waals surface area contributed by atoms with Crippen molar-refractivity contribution < 1.29 is 8.83 Å². The average Bonchev–Trinajstić information content (AvgIpc) is 4.02. The Labute approximate surface area is 356 Å². The van der Waals surface area contributed by atoms with E-state index in [4.69, 9.17) is 8.83 Å². The van der Waals surface area contributed by atoms with Gasteiger partial charge < -0.3 is 18.3 Å². The van der Waals surface area contributed by atoms with Gasteiger partial charge in [0.2, 0.25) is 0 Å². The van der Waals surface area contributed by atoms with Crippen LogP contribution >= 0.6 is 0 Å². The zero-order valence-electron chi connectivity index (χ0n) is 33.5. The number of rotatable bonds is 6. The van der Waals surface area contributed by atoms with Gasteiger partial charge in [0.15, 0.2) is 0 Å². The first-order valence-corrected chi connectivity index (χ1v) is 21.1. The number of furan rings is 2. The SMILES string of the molecule is c1ccc(-n2c3cc(-c4ccc(N(c5ccc(-c6cccc7c6oc6ccccc67)cc5)c5ccc6oc7ccccc7c6c5)cc4)ccc3c3ccc4ccccc4c32)cc1. The Bertz CT molecular complexity index is 3850. The highest BCUT2D eigenvalue weighted by molar-refractivity contribution is 6.19. The summed E-state index contributed by atoms with van der Waals surface area (Å²) < 4.78 is 15.1. The molecule has 0 amide bonds. The van der Waals surface area contributed by atoms with E-state index in [-0.39, 0.29) is 0 Å². The van der Waals surface area contributed by atoms with E-state index in [1.165, 1.54) is 32.6 Å². The van der Waals surface area contributed by atoms with E-state index >= 15 is 0 Å². The van der Waals surface area contributed by atoms with Crippen LogP contribution in [0.25, 0.3) is 104 Å². The first-order chi connectivity index (χ1) is 30.7. The molecule has 0 fully saturated rings. The van der Waals surface area contributed by atoms with Crippen molar-refractivity contribution in [2.24, 2.45) is 0 Å². The highest BCUT2D eigenvalue weighted by atomic mass is 16.3. The van der Waals surface area contributed by atoms with Crippen molar-refractivity contribution in [3.63, 3.8) is 0 Å². The first-order valence-electron chi connectivity index (χ1n) is 21.1. The summed E-state index contributed by atoms with van der Waals surface area (Å²) in [5.74, 6) is 0. The molecule has 10 aromatic carbocycles. The van der Waals surface area contributed by atoms with Gasteiger partial charge >= 0.3 is 0 Å². The van der Waals surface area contributed by atoms with E-state index in [1.54, 1.807) is 0 Å². The van der Waals surface area contributed by atoms with Crippen molar-refractivity contribution in [1.29, 1.82) is 0 Å². The molecule has 0 saturated carbocycles. The van der Waals surface area contributed by atoms with E-state index < -0.39 is 0 Å². The smallest absolute Gasteiger partial charge is 0.143 e. The van der Waals surface area contributed by atoms with Crippen LogP contribution in [0.15, 0.2) is 227 Å². The molecule has 0 bridgehead atoms. The number of anilines is 3. The number of nitrogens with zero attached hydrogens (tertiary/aromatic N) is 2. The highest BCUT2D eigenvalue weighted by Gasteiger charge is 2.19. The molecular weight excluding hydrogens is 757 g/mol. The zero-order chi connectivity index (χ0) is 40.7. The molecule has 4 nitrogen and oxygen atoms in total. The molecule has 0 aliphatic rings. The Morgan fingerprint density at radius 3 is 1.73 bits per heavy atom. The summed E-state index contributed by atoms with van der Waals surface area (Å²) in [5, 5.41) is 9.42. The lowest BCUT2D eigenvalue weighted by Crippen LogP contribution is -2.09. The van der Waals surface area contributed by atoms with Gasteiger partial charge in [-0.1, -0.05) is 146 Å². The van der Waals surface area contributed by atoms with Crippen LogP contribution in [-0.4, -0.2) is 4.57 Å². The molecule has 3 aromatic heterocycles. The first kappa shape index (κ1) is 34.5. The Hall–Kier alpha value is -8.34. The summed E-state index contributed by atoms with van der Waals surface area (Å²) in [7, 11) is 0. The maximum absolute atomic E-state index is 6.43. The summed E-state index contributed by atoms with van der Waals surface area (Å²) in [6.07, 6.45) is 0. The topological polar surface area (TPSA) is 34.5 Å². The van der Waals surface area contributed by atoms with E-state index in [9.17, 15) is 0 Å². The fourth-order valence-electron chi connectivity index (χ4n) is 9.67. The normalized spacial score (nSPS) is 11.9. The lowest BCUT2D eigenvalue weighted by Gasteiger charge is -2.26. The molecule has 0 aliphatic carbocycles. The minimum Gasteiger partial charge on any atom is -0.456 e. The van der Waals surface area contributed by atoms with Crippen molar-refractivity contribution in [3.05, 3.63) is 218 Å². The molecule has 0 spiro atoms. The maximum atomic E-state index is 6.43. The van der Waals surface area contributed by atoms with Crippen molar-refractivity contribution in [1.82, 2.24) is 4.57 Å². The van der Waals surface area contributed by atoms with Gasteiger partial charge in [-0.2, -0.15) is 0 Å². The molecule has 0 atom stereocenters. The number of para-hydroxylation sites is 4. The Balaban J connectivity index is 0.938. The van der Waals surface area contributed by atoms with Crippen LogP contribution in [0.2, 0.25) is 0 Å². The number of hydrogen-bond acceptors (Lipinski definition) is 3. The van der Waals surface area contributed by atoms with E-state index in [0.29, 0.717) is 0 Å². The van der Waals surface area contributed by atoms with Crippen molar-refractivity contribution in [3.8, 4) is 27.9 Å². The van der Waals surface area contributed by atoms with Gasteiger partial charge in [0.05, 0.1) is 11.0 Å². The van der Waals surface area contributed by atoms with Gasteiger partial charge in [-0.3, -0.25) is 0 Å². The Morgan fingerprint density at radius 2 is 0.935 bits per heavy atom. The maximum Gasteiger partial charge on any atom is 0.143 e. The van der Waals surface area contributed by atoms with Gasteiger partial charge in [-0.05, 0) is 94.9 Å². The van der Waals surface area contributed by atoms with E-state index in [1.807, 2.05) is 24.3 Å². The lowest BCUT2D eigenvalue weighted by molar-refractivity contribution is 0.669. The Kier molecular flexibility index (Phi) is 7.57. The van der Waals surface area contributed by atoms with Gasteiger partial charge in [-0.25, -0.2) is 0 Å². The predicted molar refractivity (Wildman–Crippen MR) is 258 cm³/mol. The van der Waals surface area contributed by atoms with Gasteiger partial charge in [-0.15, -0.1) is 0 Å². The molecule has 3 heterocycles. The molecule has 0 saturated heterocycles. The van der Waals surface area contributed by atoms with Crippen LogP contribution in [-0.2, 0) is 0 Å². The van der Waals surface area contributed by atoms with Crippen molar-refractivity contribution >= 4 is 93.5 Å². The van der Waals surface area contributed by atoms with Crippen LogP contribution in [0, 0.1) is 0 Å². The average molecular weight is 793 g/mol. The van der Waals surface area contributed by atoms with Gasteiger partial charge in [0.1, 0.15) is 22.3 Å². The minimum absolute atomic E-state index is 0.871. The fourth-order valence-corrected chi connectivity index (χ4v) is 9.67. The largest absolute Gasteiger partial charge is 0.456 e. The van der Waals surface area contributed by atoms with Gasteiger partial charge in [0.25, 0.3) is 0 Å². The standard InChI is InChI=1S/C58H36N2O2/c1-2-12-41(13-3-1)60-53-35-40(26-32-47(53)50-33-25-38-11-4-5-14-45(38)57(50)60)37-21-27-42(28-22-37)59(44-31-34-56-52(36-44)49-16-7-8-19-54(49)61-56)43-29-23-39(24-30-43)46-17-10-18-51-48-15-6-9-20-55(48)62-58(46)51/h1-36H. The van der Waals surface area contributed by atoms with E-state index in [2.05, 4.69) is 204 Å². The molecule has 4 heteroatoms. The van der Waals surface area contributed by atoms with Crippen molar-refractivity contribution in [2.75, 3.05) is 4.90 Å². The fraction of sp³-hybridized carbons (Fsp3) is 0.